The molecule has 0 bridgehead atoms. The maximum atomic E-state index is 13.3. The summed E-state index contributed by atoms with van der Waals surface area (Å²) in [6, 6.07) is 4.78. The summed E-state index contributed by atoms with van der Waals surface area (Å²) in [6.07, 6.45) is -3.57. The van der Waals surface area contributed by atoms with Gasteiger partial charge in [0.2, 0.25) is 0 Å². The SMILES string of the molecule is Cc1csc(NC(=O)c2csc(C3CCN(C(=O)c4ccccc4C(F)(F)F)CC3)n2)c1C(N)=O. The topological polar surface area (TPSA) is 105 Å². The molecule has 3 heterocycles. The van der Waals surface area contributed by atoms with Crippen molar-refractivity contribution in [1.29, 1.82) is 0 Å². The van der Waals surface area contributed by atoms with Crippen LogP contribution in [0.3, 0.4) is 0 Å². The molecule has 0 spiro atoms. The number of rotatable bonds is 5. The summed E-state index contributed by atoms with van der Waals surface area (Å²) in [6.45, 7) is 2.30. The predicted molar refractivity (Wildman–Crippen MR) is 127 cm³/mol. The fourth-order valence-electron chi connectivity index (χ4n) is 4.01. The van der Waals surface area contributed by atoms with Crippen LogP contribution in [0.25, 0.3) is 0 Å². The number of carbonyl (C=O) groups is 3. The van der Waals surface area contributed by atoms with E-state index in [0.717, 1.165) is 11.1 Å². The Balaban J connectivity index is 1.40. The molecule has 35 heavy (non-hydrogen) atoms. The molecule has 12 heteroatoms. The van der Waals surface area contributed by atoms with Crippen LogP contribution in [0.4, 0.5) is 18.2 Å². The molecule has 1 fully saturated rings. The van der Waals surface area contributed by atoms with Gasteiger partial charge in [-0.25, -0.2) is 4.98 Å². The summed E-state index contributed by atoms with van der Waals surface area (Å²) in [5.41, 5.74) is 5.24. The van der Waals surface area contributed by atoms with Gasteiger partial charge in [0.25, 0.3) is 17.7 Å². The lowest BCUT2D eigenvalue weighted by Crippen LogP contribution is -2.38. The summed E-state index contributed by atoms with van der Waals surface area (Å²) < 4.78 is 39.9. The Morgan fingerprint density at radius 3 is 2.46 bits per heavy atom. The largest absolute Gasteiger partial charge is 0.417 e. The highest BCUT2D eigenvalue weighted by Crippen LogP contribution is 2.35. The second-order valence-electron chi connectivity index (χ2n) is 8.12. The number of benzene rings is 1. The van der Waals surface area contributed by atoms with Gasteiger partial charge in [-0.2, -0.15) is 13.2 Å². The van der Waals surface area contributed by atoms with Crippen LogP contribution < -0.4 is 11.1 Å². The van der Waals surface area contributed by atoms with Gasteiger partial charge in [-0.05, 0) is 42.8 Å². The fourth-order valence-corrected chi connectivity index (χ4v) is 5.92. The number of thiophene rings is 1. The number of likely N-dealkylation sites (tertiary alicyclic amines) is 1. The smallest absolute Gasteiger partial charge is 0.365 e. The van der Waals surface area contributed by atoms with Gasteiger partial charge < -0.3 is 16.0 Å². The number of piperidine rings is 1. The first-order valence-electron chi connectivity index (χ1n) is 10.7. The molecule has 3 N–H and O–H groups in total. The number of aryl methyl sites for hydroxylation is 1. The number of alkyl halides is 3. The van der Waals surface area contributed by atoms with E-state index in [1.54, 1.807) is 17.7 Å². The van der Waals surface area contributed by atoms with Crippen molar-refractivity contribution in [2.75, 3.05) is 18.4 Å². The average molecular weight is 523 g/mol. The molecule has 0 saturated carbocycles. The van der Waals surface area contributed by atoms with Crippen LogP contribution in [0, 0.1) is 6.92 Å². The summed E-state index contributed by atoms with van der Waals surface area (Å²) in [7, 11) is 0. The average Bonchev–Trinajstić information content (AvgIpc) is 3.45. The molecule has 2 aromatic heterocycles. The van der Waals surface area contributed by atoms with E-state index in [1.807, 2.05) is 0 Å². The molecule has 1 saturated heterocycles. The second kappa shape index (κ2) is 9.78. The lowest BCUT2D eigenvalue weighted by Gasteiger charge is -2.31. The number of halogens is 3. The zero-order valence-corrected chi connectivity index (χ0v) is 20.1. The molecule has 0 unspecified atom stereocenters. The van der Waals surface area contributed by atoms with E-state index in [4.69, 9.17) is 5.73 Å². The third-order valence-electron chi connectivity index (χ3n) is 5.80. The summed E-state index contributed by atoms with van der Waals surface area (Å²) in [5.74, 6) is -1.76. The number of carbonyl (C=O) groups excluding carboxylic acids is 3. The minimum absolute atomic E-state index is 0.0198. The van der Waals surface area contributed by atoms with E-state index in [2.05, 4.69) is 10.3 Å². The molecular weight excluding hydrogens is 501 g/mol. The second-order valence-corrected chi connectivity index (χ2v) is 9.89. The first-order valence-corrected chi connectivity index (χ1v) is 12.4. The monoisotopic (exact) mass is 522 g/mol. The van der Waals surface area contributed by atoms with Gasteiger partial charge >= 0.3 is 6.18 Å². The number of anilines is 1. The van der Waals surface area contributed by atoms with E-state index >= 15 is 0 Å². The number of amides is 3. The summed E-state index contributed by atoms with van der Waals surface area (Å²) in [5, 5.41) is 7.10. The molecule has 0 aliphatic carbocycles. The van der Waals surface area contributed by atoms with E-state index in [9.17, 15) is 27.6 Å². The van der Waals surface area contributed by atoms with Crippen LogP contribution in [-0.2, 0) is 6.18 Å². The zero-order valence-electron chi connectivity index (χ0n) is 18.5. The van der Waals surface area contributed by atoms with Gasteiger partial charge in [-0.1, -0.05) is 12.1 Å². The van der Waals surface area contributed by atoms with Crippen molar-refractivity contribution in [2.45, 2.75) is 31.9 Å². The number of hydrogen-bond acceptors (Lipinski definition) is 6. The normalized spacial score (nSPS) is 14.7. The highest BCUT2D eigenvalue weighted by Gasteiger charge is 2.36. The van der Waals surface area contributed by atoms with Gasteiger partial charge in [-0.3, -0.25) is 14.4 Å². The number of nitrogens with one attached hydrogen (secondary N) is 1. The van der Waals surface area contributed by atoms with Crippen molar-refractivity contribution in [1.82, 2.24) is 9.88 Å². The van der Waals surface area contributed by atoms with Crippen LogP contribution in [0.15, 0.2) is 35.0 Å². The lowest BCUT2D eigenvalue weighted by atomic mass is 9.96. The minimum atomic E-state index is -4.61. The molecule has 1 aliphatic rings. The molecule has 4 rings (SSSR count). The molecule has 7 nitrogen and oxygen atoms in total. The van der Waals surface area contributed by atoms with Gasteiger partial charge in [0.15, 0.2) is 0 Å². The van der Waals surface area contributed by atoms with Crippen LogP contribution in [0.2, 0.25) is 0 Å². The minimum Gasteiger partial charge on any atom is -0.365 e. The van der Waals surface area contributed by atoms with Gasteiger partial charge in [0.05, 0.1) is 21.7 Å². The first kappa shape index (κ1) is 24.9. The van der Waals surface area contributed by atoms with Crippen LogP contribution >= 0.6 is 22.7 Å². The number of primary amides is 1. The number of nitrogens with two attached hydrogens (primary N) is 1. The number of aromatic nitrogens is 1. The Hall–Kier alpha value is -3.25. The van der Waals surface area contributed by atoms with Crippen LogP contribution in [0.5, 0.6) is 0 Å². The predicted octanol–water partition coefficient (Wildman–Crippen LogP) is 4.90. The van der Waals surface area contributed by atoms with Crippen LogP contribution in [-0.4, -0.2) is 40.7 Å². The number of nitrogens with zero attached hydrogens (tertiary/aromatic N) is 2. The highest BCUT2D eigenvalue weighted by atomic mass is 32.1. The van der Waals surface area contributed by atoms with E-state index < -0.39 is 29.5 Å². The lowest BCUT2D eigenvalue weighted by molar-refractivity contribution is -0.138. The Morgan fingerprint density at radius 1 is 1.11 bits per heavy atom. The molecule has 0 radical (unpaired) electrons. The van der Waals surface area contributed by atoms with Crippen molar-refractivity contribution >= 4 is 45.4 Å². The third kappa shape index (κ3) is 5.22. The molecule has 184 valence electrons. The molecular formula is C23H21F3N4O3S2. The van der Waals surface area contributed by atoms with Crippen molar-refractivity contribution in [3.8, 4) is 0 Å². The highest BCUT2D eigenvalue weighted by molar-refractivity contribution is 7.15. The molecule has 3 amide bonds. The molecule has 1 aromatic carbocycles. The van der Waals surface area contributed by atoms with Crippen LogP contribution in [0.1, 0.15) is 66.1 Å². The standard InChI is InChI=1S/C23H21F3N4O3S2/c1-12-10-34-21(17(12)18(27)31)29-19(32)16-11-35-20(28-16)13-6-8-30(9-7-13)22(33)14-4-2-3-5-15(14)23(24,25)26/h2-5,10-11,13H,6-9H2,1H3,(H2,27,31)(H,29,32). The Kier molecular flexibility index (Phi) is 6.95. The van der Waals surface area contributed by atoms with E-state index in [1.165, 1.54) is 45.8 Å². The van der Waals surface area contributed by atoms with Crippen molar-refractivity contribution in [3.05, 3.63) is 68.0 Å². The van der Waals surface area contributed by atoms with E-state index in [-0.39, 0.29) is 35.8 Å². The number of thiazole rings is 1. The maximum Gasteiger partial charge on any atom is 0.417 e. The van der Waals surface area contributed by atoms with Crippen molar-refractivity contribution < 1.29 is 27.6 Å². The van der Waals surface area contributed by atoms with Gasteiger partial charge in [0, 0.05) is 24.4 Å². The Bertz CT molecular complexity index is 1280. The number of hydrogen-bond donors (Lipinski definition) is 2. The third-order valence-corrected chi connectivity index (χ3v) is 7.82. The van der Waals surface area contributed by atoms with E-state index in [0.29, 0.717) is 23.4 Å². The summed E-state index contributed by atoms with van der Waals surface area (Å²) >= 11 is 2.51. The quantitative estimate of drug-likeness (QED) is 0.497. The Morgan fingerprint density at radius 2 is 1.80 bits per heavy atom. The maximum absolute atomic E-state index is 13.3. The van der Waals surface area contributed by atoms with Crippen molar-refractivity contribution in [3.63, 3.8) is 0 Å². The van der Waals surface area contributed by atoms with Gasteiger partial charge in [0.1, 0.15) is 10.7 Å². The molecule has 3 aromatic rings. The first-order chi connectivity index (χ1) is 16.6. The fraction of sp³-hybridized carbons (Fsp3) is 0.304. The molecule has 1 aliphatic heterocycles. The van der Waals surface area contributed by atoms with Crippen molar-refractivity contribution in [2.24, 2.45) is 5.73 Å². The summed E-state index contributed by atoms with van der Waals surface area (Å²) in [4.78, 5) is 42.9. The Labute approximate surface area is 206 Å². The van der Waals surface area contributed by atoms with Gasteiger partial charge in [-0.15, -0.1) is 22.7 Å². The zero-order chi connectivity index (χ0) is 25.3. The molecule has 0 atom stereocenters.